The number of ether oxygens (including phenoxy) is 1. The van der Waals surface area contributed by atoms with Gasteiger partial charge in [0.25, 0.3) is 10.0 Å². The fourth-order valence-corrected chi connectivity index (χ4v) is 4.74. The van der Waals surface area contributed by atoms with Gasteiger partial charge in [-0.2, -0.15) is 13.2 Å². The van der Waals surface area contributed by atoms with Gasteiger partial charge in [-0.25, -0.2) is 8.42 Å². The van der Waals surface area contributed by atoms with E-state index in [2.05, 4.69) is 5.32 Å². The van der Waals surface area contributed by atoms with Crippen molar-refractivity contribution in [2.75, 3.05) is 24.0 Å². The molecule has 3 rings (SSSR count). The number of rotatable bonds is 9. The number of aryl methyl sites for hydroxylation is 1. The zero-order chi connectivity index (χ0) is 25.6. The molecule has 0 heterocycles. The Hall–Kier alpha value is -3.24. The monoisotopic (exact) mass is 526 g/mol. The summed E-state index contributed by atoms with van der Waals surface area (Å²) in [5.74, 6) is -0.132. The zero-order valence-electron chi connectivity index (χ0n) is 18.5. The molecule has 186 valence electrons. The minimum atomic E-state index is -4.82. The molecule has 0 aliphatic heterocycles. The van der Waals surface area contributed by atoms with Crippen LogP contribution >= 0.6 is 11.6 Å². The van der Waals surface area contributed by atoms with E-state index in [-0.39, 0.29) is 23.7 Å². The van der Waals surface area contributed by atoms with Crippen molar-refractivity contribution in [3.8, 4) is 5.75 Å². The van der Waals surface area contributed by atoms with E-state index in [1.54, 1.807) is 43.3 Å². The SMILES string of the molecule is Cc1ccc(S(=O)(=O)N(CC(=O)NCCOc2ccccc2)c2ccc(Cl)c(C(F)(F)F)c2)cc1. The quantitative estimate of drug-likeness (QED) is 0.396. The van der Waals surface area contributed by atoms with Crippen molar-refractivity contribution in [2.24, 2.45) is 0 Å². The van der Waals surface area contributed by atoms with E-state index < -0.39 is 39.2 Å². The van der Waals surface area contributed by atoms with Crippen molar-refractivity contribution >= 4 is 33.2 Å². The lowest BCUT2D eigenvalue weighted by Gasteiger charge is -2.25. The van der Waals surface area contributed by atoms with Crippen molar-refractivity contribution in [1.29, 1.82) is 0 Å². The van der Waals surface area contributed by atoms with Crippen LogP contribution in [0.2, 0.25) is 5.02 Å². The van der Waals surface area contributed by atoms with Gasteiger partial charge in [-0.3, -0.25) is 9.10 Å². The second-order valence-electron chi connectivity index (χ2n) is 7.50. The number of nitrogens with one attached hydrogen (secondary N) is 1. The van der Waals surface area contributed by atoms with Crippen molar-refractivity contribution in [3.05, 3.63) is 88.9 Å². The number of hydrogen-bond donors (Lipinski definition) is 1. The molecule has 0 saturated carbocycles. The second kappa shape index (κ2) is 11.0. The molecule has 0 fully saturated rings. The number of nitrogens with zero attached hydrogens (tertiary/aromatic N) is 1. The van der Waals surface area contributed by atoms with E-state index in [9.17, 15) is 26.4 Å². The minimum absolute atomic E-state index is 0.0561. The van der Waals surface area contributed by atoms with E-state index in [1.165, 1.54) is 12.1 Å². The topological polar surface area (TPSA) is 75.7 Å². The molecule has 0 aliphatic carbocycles. The summed E-state index contributed by atoms with van der Waals surface area (Å²) in [4.78, 5) is 12.4. The molecule has 0 unspecified atom stereocenters. The highest BCUT2D eigenvalue weighted by Crippen LogP contribution is 2.38. The third kappa shape index (κ3) is 6.89. The van der Waals surface area contributed by atoms with E-state index in [0.29, 0.717) is 16.1 Å². The van der Waals surface area contributed by atoms with E-state index in [4.69, 9.17) is 16.3 Å². The second-order valence-corrected chi connectivity index (χ2v) is 9.77. The van der Waals surface area contributed by atoms with Crippen LogP contribution in [0.4, 0.5) is 18.9 Å². The molecule has 6 nitrogen and oxygen atoms in total. The number of hydrogen-bond acceptors (Lipinski definition) is 4. The van der Waals surface area contributed by atoms with Crippen LogP contribution in [0.3, 0.4) is 0 Å². The average molecular weight is 527 g/mol. The molecular formula is C24H22ClF3N2O4S. The Morgan fingerprint density at radius 3 is 2.31 bits per heavy atom. The lowest BCUT2D eigenvalue weighted by Crippen LogP contribution is -2.42. The summed E-state index contributed by atoms with van der Waals surface area (Å²) in [5.41, 5.74) is -0.770. The van der Waals surface area contributed by atoms with Gasteiger partial charge >= 0.3 is 6.18 Å². The van der Waals surface area contributed by atoms with Crippen LogP contribution in [-0.4, -0.2) is 34.0 Å². The Morgan fingerprint density at radius 2 is 1.69 bits per heavy atom. The van der Waals surface area contributed by atoms with Gasteiger partial charge in [-0.05, 0) is 49.4 Å². The molecule has 0 radical (unpaired) electrons. The van der Waals surface area contributed by atoms with E-state index >= 15 is 0 Å². The first-order valence-corrected chi connectivity index (χ1v) is 12.2. The van der Waals surface area contributed by atoms with Crippen molar-refractivity contribution in [3.63, 3.8) is 0 Å². The number of amides is 1. The summed E-state index contributed by atoms with van der Waals surface area (Å²) < 4.78 is 73.0. The molecule has 0 bridgehead atoms. The van der Waals surface area contributed by atoms with Crippen LogP contribution in [0.1, 0.15) is 11.1 Å². The number of alkyl halides is 3. The molecule has 35 heavy (non-hydrogen) atoms. The zero-order valence-corrected chi connectivity index (χ0v) is 20.1. The third-order valence-corrected chi connectivity index (χ3v) is 6.99. The summed E-state index contributed by atoms with van der Waals surface area (Å²) in [6.07, 6.45) is -4.82. The maximum Gasteiger partial charge on any atom is 0.417 e. The van der Waals surface area contributed by atoms with Gasteiger partial charge in [0.15, 0.2) is 0 Å². The number of halogens is 4. The molecule has 0 aromatic heterocycles. The van der Waals surface area contributed by atoms with Crippen LogP contribution in [0, 0.1) is 6.92 Å². The minimum Gasteiger partial charge on any atom is -0.492 e. The number of para-hydroxylation sites is 1. The van der Waals surface area contributed by atoms with Crippen molar-refractivity contribution in [2.45, 2.75) is 18.0 Å². The first-order valence-electron chi connectivity index (χ1n) is 10.4. The highest BCUT2D eigenvalue weighted by atomic mass is 35.5. The third-order valence-electron chi connectivity index (χ3n) is 4.88. The lowest BCUT2D eigenvalue weighted by atomic mass is 10.2. The lowest BCUT2D eigenvalue weighted by molar-refractivity contribution is -0.137. The predicted molar refractivity (Wildman–Crippen MR) is 127 cm³/mol. The predicted octanol–water partition coefficient (Wildman–Crippen LogP) is 5.06. The van der Waals surface area contributed by atoms with Crippen LogP contribution in [0.5, 0.6) is 5.75 Å². The van der Waals surface area contributed by atoms with E-state index in [0.717, 1.165) is 17.7 Å². The van der Waals surface area contributed by atoms with Gasteiger partial charge < -0.3 is 10.1 Å². The Bertz CT molecular complexity index is 1270. The molecule has 11 heteroatoms. The van der Waals surface area contributed by atoms with Gasteiger partial charge in [-0.15, -0.1) is 0 Å². The number of carbonyl (C=O) groups excluding carboxylic acids is 1. The fourth-order valence-electron chi connectivity index (χ4n) is 3.10. The number of benzene rings is 3. The summed E-state index contributed by atoms with van der Waals surface area (Å²) in [7, 11) is -4.38. The molecule has 0 atom stereocenters. The largest absolute Gasteiger partial charge is 0.492 e. The molecular weight excluding hydrogens is 505 g/mol. The summed E-state index contributed by atoms with van der Waals surface area (Å²) >= 11 is 5.69. The number of anilines is 1. The number of carbonyl (C=O) groups is 1. The molecule has 3 aromatic carbocycles. The molecule has 1 N–H and O–H groups in total. The summed E-state index contributed by atoms with van der Waals surface area (Å²) in [6, 6.07) is 17.3. The van der Waals surface area contributed by atoms with Crippen molar-refractivity contribution < 1.29 is 31.1 Å². The van der Waals surface area contributed by atoms with Gasteiger partial charge in [0, 0.05) is 0 Å². The van der Waals surface area contributed by atoms with Gasteiger partial charge in [0.05, 0.1) is 27.7 Å². The standard InChI is InChI=1S/C24H22ClF3N2O4S/c1-17-7-10-20(11-8-17)35(32,33)30(18-9-12-22(25)21(15-18)24(26,27)28)16-23(31)29-13-14-34-19-5-3-2-4-6-19/h2-12,15H,13-14,16H2,1H3,(H,29,31). The Balaban J connectivity index is 1.84. The van der Waals surface area contributed by atoms with Crippen LogP contribution < -0.4 is 14.4 Å². The molecule has 1 amide bonds. The first-order chi connectivity index (χ1) is 16.5. The molecule has 0 aliphatic rings. The smallest absolute Gasteiger partial charge is 0.417 e. The summed E-state index contributed by atoms with van der Waals surface area (Å²) in [6.45, 7) is 1.18. The average Bonchev–Trinajstić information content (AvgIpc) is 2.81. The van der Waals surface area contributed by atoms with Crippen LogP contribution in [0.25, 0.3) is 0 Å². The molecule has 3 aromatic rings. The molecule has 0 saturated heterocycles. The number of sulfonamides is 1. The van der Waals surface area contributed by atoms with Gasteiger partial charge in [0.1, 0.15) is 18.9 Å². The van der Waals surface area contributed by atoms with E-state index in [1.807, 2.05) is 6.07 Å². The van der Waals surface area contributed by atoms with Gasteiger partial charge in [0.2, 0.25) is 5.91 Å². The Labute approximate surface area is 206 Å². The maximum atomic E-state index is 13.4. The Kier molecular flexibility index (Phi) is 8.29. The van der Waals surface area contributed by atoms with Gasteiger partial charge in [-0.1, -0.05) is 47.5 Å². The fraction of sp³-hybridized carbons (Fsp3) is 0.208. The van der Waals surface area contributed by atoms with Crippen molar-refractivity contribution in [1.82, 2.24) is 5.32 Å². The normalized spacial score (nSPS) is 11.7. The Morgan fingerprint density at radius 1 is 1.03 bits per heavy atom. The van der Waals surface area contributed by atoms with Crippen LogP contribution in [0.15, 0.2) is 77.7 Å². The van der Waals surface area contributed by atoms with Crippen LogP contribution in [-0.2, 0) is 21.0 Å². The summed E-state index contributed by atoms with van der Waals surface area (Å²) in [5, 5.41) is 1.94. The highest BCUT2D eigenvalue weighted by Gasteiger charge is 2.35. The molecule has 0 spiro atoms. The maximum absolute atomic E-state index is 13.4. The first kappa shape index (κ1) is 26.4. The highest BCUT2D eigenvalue weighted by molar-refractivity contribution is 7.92.